The third-order valence-corrected chi connectivity index (χ3v) is 3.88. The van der Waals surface area contributed by atoms with Crippen molar-refractivity contribution in [2.45, 2.75) is 18.7 Å². The summed E-state index contributed by atoms with van der Waals surface area (Å²) in [4.78, 5) is 27.9. The molecule has 2 amide bonds. The van der Waals surface area contributed by atoms with Crippen molar-refractivity contribution in [2.24, 2.45) is 0 Å². The fourth-order valence-corrected chi connectivity index (χ4v) is 2.54. The minimum absolute atomic E-state index is 0.286. The van der Waals surface area contributed by atoms with Gasteiger partial charge in [0.1, 0.15) is 0 Å². The first kappa shape index (κ1) is 17.0. The Kier molecular flexibility index (Phi) is 6.17. The number of aromatic nitrogens is 1. The minimum Gasteiger partial charge on any atom is -0.341 e. The van der Waals surface area contributed by atoms with Crippen LogP contribution in [-0.4, -0.2) is 23.1 Å². The Morgan fingerprint density at radius 2 is 1.91 bits per heavy atom. The maximum absolute atomic E-state index is 12.0. The molecule has 2 aromatic rings. The lowest BCUT2D eigenvalue weighted by atomic mass is 10.1. The highest BCUT2D eigenvalue weighted by atomic mass is 32.2. The van der Waals surface area contributed by atoms with Crippen molar-refractivity contribution in [2.75, 3.05) is 11.6 Å². The van der Waals surface area contributed by atoms with Crippen LogP contribution in [-0.2, 0) is 15.3 Å². The van der Waals surface area contributed by atoms with Gasteiger partial charge in [-0.3, -0.25) is 14.6 Å². The van der Waals surface area contributed by atoms with Gasteiger partial charge in [-0.05, 0) is 42.5 Å². The molecule has 0 bridgehead atoms. The molecule has 0 saturated carbocycles. The van der Waals surface area contributed by atoms with Crippen LogP contribution in [0.2, 0.25) is 0 Å². The highest BCUT2D eigenvalue weighted by Gasteiger charge is 2.17. The fourth-order valence-electron chi connectivity index (χ4n) is 2.02. The van der Waals surface area contributed by atoms with E-state index in [1.165, 1.54) is 5.56 Å². The molecule has 0 saturated heterocycles. The van der Waals surface area contributed by atoms with Gasteiger partial charge in [0.2, 0.25) is 0 Å². The van der Waals surface area contributed by atoms with E-state index in [-0.39, 0.29) is 6.04 Å². The number of benzene rings is 1. The molecule has 6 heteroatoms. The number of amides is 2. The number of nitrogens with zero attached hydrogens (tertiary/aromatic N) is 1. The monoisotopic (exact) mass is 329 g/mol. The van der Waals surface area contributed by atoms with Crippen LogP contribution in [0.4, 0.5) is 5.69 Å². The zero-order valence-electron chi connectivity index (χ0n) is 13.1. The lowest BCUT2D eigenvalue weighted by Crippen LogP contribution is -2.36. The highest BCUT2D eigenvalue weighted by Crippen LogP contribution is 2.14. The second-order valence-electron chi connectivity index (χ2n) is 5.07. The van der Waals surface area contributed by atoms with Crippen LogP contribution in [0.5, 0.6) is 0 Å². The quantitative estimate of drug-likeness (QED) is 0.828. The summed E-state index contributed by atoms with van der Waals surface area (Å²) in [6.45, 7) is 1.80. The van der Waals surface area contributed by atoms with Gasteiger partial charge in [0.25, 0.3) is 0 Å². The number of hydrogen-bond acceptors (Lipinski definition) is 4. The molecule has 0 aliphatic rings. The van der Waals surface area contributed by atoms with Gasteiger partial charge in [0, 0.05) is 23.8 Å². The van der Waals surface area contributed by atoms with E-state index < -0.39 is 11.8 Å². The molecule has 1 heterocycles. The third-order valence-electron chi connectivity index (χ3n) is 3.26. The Labute approximate surface area is 139 Å². The van der Waals surface area contributed by atoms with Crippen LogP contribution in [0.25, 0.3) is 0 Å². The van der Waals surface area contributed by atoms with Gasteiger partial charge in [-0.1, -0.05) is 18.2 Å². The van der Waals surface area contributed by atoms with E-state index in [2.05, 4.69) is 15.6 Å². The van der Waals surface area contributed by atoms with Crippen molar-refractivity contribution in [3.63, 3.8) is 0 Å². The summed E-state index contributed by atoms with van der Waals surface area (Å²) in [6.07, 6.45) is 5.35. The predicted molar refractivity (Wildman–Crippen MR) is 93.1 cm³/mol. The van der Waals surface area contributed by atoms with E-state index in [1.807, 2.05) is 24.5 Å². The van der Waals surface area contributed by atoms with Crippen LogP contribution in [0.1, 0.15) is 24.1 Å². The van der Waals surface area contributed by atoms with Gasteiger partial charge < -0.3 is 10.6 Å². The van der Waals surface area contributed by atoms with Crippen molar-refractivity contribution in [3.8, 4) is 0 Å². The lowest BCUT2D eigenvalue weighted by Gasteiger charge is -2.13. The maximum Gasteiger partial charge on any atom is 0.313 e. The predicted octanol–water partition coefficient (Wildman–Crippen LogP) is 2.76. The number of rotatable bonds is 5. The Balaban J connectivity index is 1.91. The van der Waals surface area contributed by atoms with E-state index in [0.717, 1.165) is 11.3 Å². The van der Waals surface area contributed by atoms with Crippen LogP contribution in [0.15, 0.2) is 48.8 Å². The summed E-state index contributed by atoms with van der Waals surface area (Å²) in [7, 11) is 0. The molecule has 0 radical (unpaired) electrons. The molecule has 23 heavy (non-hydrogen) atoms. The molecule has 0 fully saturated rings. The first-order valence-corrected chi connectivity index (χ1v) is 8.59. The molecule has 120 valence electrons. The maximum atomic E-state index is 12.0. The average molecular weight is 329 g/mol. The second kappa shape index (κ2) is 8.33. The number of carbonyl (C=O) groups is 2. The van der Waals surface area contributed by atoms with Gasteiger partial charge >= 0.3 is 11.8 Å². The third kappa shape index (κ3) is 5.10. The lowest BCUT2D eigenvalue weighted by molar-refractivity contribution is -0.136. The molecular weight excluding hydrogens is 310 g/mol. The van der Waals surface area contributed by atoms with Crippen LogP contribution in [0.3, 0.4) is 0 Å². The van der Waals surface area contributed by atoms with E-state index in [0.29, 0.717) is 5.69 Å². The topological polar surface area (TPSA) is 71.1 Å². The van der Waals surface area contributed by atoms with Gasteiger partial charge in [-0.25, -0.2) is 0 Å². The molecule has 1 atom stereocenters. The summed E-state index contributed by atoms with van der Waals surface area (Å²) in [6, 6.07) is 10.8. The summed E-state index contributed by atoms with van der Waals surface area (Å²) < 4.78 is 0. The molecule has 2 rings (SSSR count). The molecule has 1 aromatic heterocycles. The van der Waals surface area contributed by atoms with Gasteiger partial charge in [0.15, 0.2) is 0 Å². The van der Waals surface area contributed by atoms with Gasteiger partial charge in [-0.2, -0.15) is 11.8 Å². The molecule has 1 aromatic carbocycles. The largest absolute Gasteiger partial charge is 0.341 e. The summed E-state index contributed by atoms with van der Waals surface area (Å²) >= 11 is 1.73. The SMILES string of the molecule is CSCc1ccc(NC(=O)C(=O)N[C@H](C)c2cccnc2)cc1. The van der Waals surface area contributed by atoms with E-state index >= 15 is 0 Å². The zero-order valence-corrected chi connectivity index (χ0v) is 13.9. The summed E-state index contributed by atoms with van der Waals surface area (Å²) in [5, 5.41) is 5.25. The number of nitrogens with one attached hydrogen (secondary N) is 2. The van der Waals surface area contributed by atoms with Gasteiger partial charge in [-0.15, -0.1) is 0 Å². The molecule has 0 spiro atoms. The van der Waals surface area contributed by atoms with Crippen molar-refractivity contribution in [3.05, 3.63) is 59.9 Å². The summed E-state index contributed by atoms with van der Waals surface area (Å²) in [5.74, 6) is -0.440. The number of anilines is 1. The van der Waals surface area contributed by atoms with Crippen molar-refractivity contribution < 1.29 is 9.59 Å². The van der Waals surface area contributed by atoms with E-state index in [9.17, 15) is 9.59 Å². The Morgan fingerprint density at radius 1 is 1.17 bits per heavy atom. The molecule has 0 aliphatic heterocycles. The van der Waals surface area contributed by atoms with Crippen LogP contribution >= 0.6 is 11.8 Å². The molecule has 2 N–H and O–H groups in total. The number of thioether (sulfide) groups is 1. The molecule has 5 nitrogen and oxygen atoms in total. The standard InChI is InChI=1S/C17H19N3O2S/c1-12(14-4-3-9-18-10-14)19-16(21)17(22)20-15-7-5-13(6-8-15)11-23-2/h3-10,12H,11H2,1-2H3,(H,19,21)(H,20,22)/t12-/m1/s1. The van der Waals surface area contributed by atoms with Crippen LogP contribution in [0, 0.1) is 0 Å². The minimum atomic E-state index is -0.682. The summed E-state index contributed by atoms with van der Waals surface area (Å²) in [5.41, 5.74) is 2.62. The second-order valence-corrected chi connectivity index (χ2v) is 5.93. The fraction of sp³-hybridized carbons (Fsp3) is 0.235. The Bertz CT molecular complexity index is 659. The normalized spacial score (nSPS) is 11.6. The number of hydrogen-bond donors (Lipinski definition) is 2. The van der Waals surface area contributed by atoms with Crippen molar-refractivity contribution in [1.29, 1.82) is 0 Å². The molecule has 0 unspecified atom stereocenters. The first-order valence-electron chi connectivity index (χ1n) is 7.20. The highest BCUT2D eigenvalue weighted by molar-refractivity contribution is 7.97. The van der Waals surface area contributed by atoms with Crippen molar-refractivity contribution in [1.82, 2.24) is 10.3 Å². The van der Waals surface area contributed by atoms with Gasteiger partial charge in [0.05, 0.1) is 6.04 Å². The molecular formula is C17H19N3O2S. The number of pyridine rings is 1. The number of carbonyl (C=O) groups excluding carboxylic acids is 2. The van der Waals surface area contributed by atoms with E-state index in [4.69, 9.17) is 0 Å². The Morgan fingerprint density at radius 3 is 2.52 bits per heavy atom. The average Bonchev–Trinajstić information content (AvgIpc) is 2.57. The zero-order chi connectivity index (χ0) is 16.7. The Hall–Kier alpha value is -2.34. The van der Waals surface area contributed by atoms with E-state index in [1.54, 1.807) is 49.3 Å². The van der Waals surface area contributed by atoms with Crippen molar-refractivity contribution >= 4 is 29.3 Å². The first-order chi connectivity index (χ1) is 11.1. The smallest absolute Gasteiger partial charge is 0.313 e. The van der Waals surface area contributed by atoms with Crippen LogP contribution < -0.4 is 10.6 Å². The molecule has 0 aliphatic carbocycles.